The fourth-order valence-corrected chi connectivity index (χ4v) is 4.31. The number of carbonyl (C=O) groups excluding carboxylic acids is 1. The van der Waals surface area contributed by atoms with Crippen LogP contribution in [-0.2, 0) is 6.42 Å². The first-order chi connectivity index (χ1) is 17.1. The van der Waals surface area contributed by atoms with Gasteiger partial charge in [0, 0.05) is 55.7 Å². The highest BCUT2D eigenvalue weighted by Crippen LogP contribution is 2.22. The van der Waals surface area contributed by atoms with Crippen LogP contribution in [0.1, 0.15) is 16.1 Å². The summed E-state index contributed by atoms with van der Waals surface area (Å²) in [5, 5.41) is 0.903. The highest BCUT2D eigenvalue weighted by molar-refractivity contribution is 5.98. The Labute approximate surface area is 201 Å². The number of H-pyrrole nitrogens is 1. The number of rotatable bonds is 5. The summed E-state index contributed by atoms with van der Waals surface area (Å²) < 4.78 is 0. The molecule has 1 N–H and O–H groups in total. The van der Waals surface area contributed by atoms with E-state index in [2.05, 4.69) is 41.8 Å². The fourth-order valence-electron chi connectivity index (χ4n) is 4.31. The molecule has 5 aromatic heterocycles. The van der Waals surface area contributed by atoms with Gasteiger partial charge in [-0.05, 0) is 43.4 Å². The van der Waals surface area contributed by atoms with Crippen molar-refractivity contribution >= 4 is 33.7 Å². The summed E-state index contributed by atoms with van der Waals surface area (Å²) in [7, 11) is 2.12. The van der Waals surface area contributed by atoms with Crippen molar-refractivity contribution in [3.8, 4) is 11.4 Å². The van der Waals surface area contributed by atoms with E-state index in [1.165, 1.54) is 0 Å². The van der Waals surface area contributed by atoms with Crippen molar-refractivity contribution in [2.75, 3.05) is 38.1 Å². The lowest BCUT2D eigenvalue weighted by Gasteiger charge is -2.33. The second-order valence-electron chi connectivity index (χ2n) is 8.82. The normalized spacial score (nSPS) is 14.6. The summed E-state index contributed by atoms with van der Waals surface area (Å²) in [6.07, 6.45) is 7.20. The van der Waals surface area contributed by atoms with Crippen LogP contribution in [0.25, 0.3) is 33.5 Å². The maximum absolute atomic E-state index is 13.1. The van der Waals surface area contributed by atoms with Crippen LogP contribution in [0.3, 0.4) is 0 Å². The molecule has 0 unspecified atom stereocenters. The largest absolute Gasteiger partial charge is 0.354 e. The second kappa shape index (κ2) is 8.84. The van der Waals surface area contributed by atoms with Gasteiger partial charge in [-0.1, -0.05) is 0 Å². The summed E-state index contributed by atoms with van der Waals surface area (Å²) in [5.74, 6) is 0.857. The average molecular weight is 465 g/mol. The zero-order valence-corrected chi connectivity index (χ0v) is 19.3. The molecule has 6 rings (SSSR count). The fraction of sp³-hybridized carbons (Fsp3) is 0.231. The Morgan fingerprint density at radius 2 is 1.80 bits per heavy atom. The Balaban J connectivity index is 1.24. The topological polar surface area (TPSA) is 104 Å². The molecule has 6 heterocycles. The number of likely N-dealkylation sites (N-methyl/N-ethyl adjacent to an activating group) is 1. The standard InChI is InChI=1S/C26H24N8O/c1-33-8-10-34(11-9-33)25-12-17(4-6-27-25)24(35)14-19-13-22-18(15-29-19)2-3-20(31-22)23-16-30-21-5-7-28-26(21)32-23/h2-7,12-13,15-16H,8-11,14H2,1H3,(H,28,32). The lowest BCUT2D eigenvalue weighted by atomic mass is 10.1. The van der Waals surface area contributed by atoms with Gasteiger partial charge in [0.15, 0.2) is 11.4 Å². The molecule has 5 aromatic rings. The molecule has 0 aliphatic carbocycles. The lowest BCUT2D eigenvalue weighted by molar-refractivity contribution is 0.0992. The number of nitrogens with zero attached hydrogens (tertiary/aromatic N) is 7. The van der Waals surface area contributed by atoms with Gasteiger partial charge in [0.05, 0.1) is 29.5 Å². The summed E-state index contributed by atoms with van der Waals surface area (Å²) in [5.41, 5.74) is 5.02. The molecule has 9 nitrogen and oxygen atoms in total. The van der Waals surface area contributed by atoms with Crippen molar-refractivity contribution < 1.29 is 4.79 Å². The quantitative estimate of drug-likeness (QED) is 0.396. The number of fused-ring (bicyclic) bond motifs is 2. The summed E-state index contributed by atoms with van der Waals surface area (Å²) in [6.45, 7) is 3.78. The SMILES string of the molecule is CN1CCN(c2cc(C(=O)Cc3cc4nc(-c5cnc6cc[nH]c6n5)ccc4cn3)ccn2)CC1. The van der Waals surface area contributed by atoms with E-state index in [0.717, 1.165) is 59.8 Å². The Morgan fingerprint density at radius 3 is 2.69 bits per heavy atom. The van der Waals surface area contributed by atoms with Gasteiger partial charge >= 0.3 is 0 Å². The van der Waals surface area contributed by atoms with Gasteiger partial charge in [0.2, 0.25) is 0 Å². The van der Waals surface area contributed by atoms with Crippen LogP contribution in [0.15, 0.2) is 61.2 Å². The molecule has 1 aliphatic rings. The van der Waals surface area contributed by atoms with E-state index < -0.39 is 0 Å². The molecule has 0 amide bonds. The van der Waals surface area contributed by atoms with Crippen LogP contribution in [-0.4, -0.2) is 73.8 Å². The zero-order chi connectivity index (χ0) is 23.8. The van der Waals surface area contributed by atoms with Crippen molar-refractivity contribution in [1.29, 1.82) is 0 Å². The number of aromatic nitrogens is 6. The second-order valence-corrected chi connectivity index (χ2v) is 8.82. The van der Waals surface area contributed by atoms with Crippen LogP contribution >= 0.6 is 0 Å². The van der Waals surface area contributed by atoms with E-state index in [1.54, 1.807) is 24.7 Å². The first-order valence-electron chi connectivity index (χ1n) is 11.6. The number of Topliss-reactive ketones (excluding diaryl/α,β-unsaturated/α-hetero) is 1. The molecule has 0 atom stereocenters. The molecular formula is C26H24N8O. The Morgan fingerprint density at radius 1 is 0.914 bits per heavy atom. The smallest absolute Gasteiger partial charge is 0.169 e. The summed E-state index contributed by atoms with van der Waals surface area (Å²) in [6, 6.07) is 11.3. The van der Waals surface area contributed by atoms with Gasteiger partial charge < -0.3 is 14.8 Å². The number of piperazine rings is 1. The molecule has 1 aliphatic heterocycles. The molecule has 0 aromatic carbocycles. The lowest BCUT2D eigenvalue weighted by Crippen LogP contribution is -2.44. The molecule has 0 spiro atoms. The average Bonchev–Trinajstić information content (AvgIpc) is 3.37. The number of ketones is 1. The summed E-state index contributed by atoms with van der Waals surface area (Å²) in [4.78, 5) is 43.5. The minimum Gasteiger partial charge on any atom is -0.354 e. The first kappa shape index (κ1) is 21.3. The number of carbonyl (C=O) groups is 1. The Bertz CT molecular complexity index is 1540. The van der Waals surface area contributed by atoms with Crippen LogP contribution < -0.4 is 4.90 Å². The maximum Gasteiger partial charge on any atom is 0.169 e. The minimum atomic E-state index is 0.00819. The van der Waals surface area contributed by atoms with Crippen molar-refractivity contribution in [3.63, 3.8) is 0 Å². The summed E-state index contributed by atoms with van der Waals surface area (Å²) >= 11 is 0. The van der Waals surface area contributed by atoms with Gasteiger partial charge in [0.1, 0.15) is 17.0 Å². The van der Waals surface area contributed by atoms with Gasteiger partial charge in [-0.3, -0.25) is 14.8 Å². The molecule has 35 heavy (non-hydrogen) atoms. The number of pyridine rings is 3. The molecule has 1 saturated heterocycles. The van der Waals surface area contributed by atoms with Gasteiger partial charge in [-0.15, -0.1) is 0 Å². The Kier molecular flexibility index (Phi) is 5.38. The van der Waals surface area contributed by atoms with Gasteiger partial charge in [-0.2, -0.15) is 0 Å². The predicted molar refractivity (Wildman–Crippen MR) is 134 cm³/mol. The number of aromatic amines is 1. The van der Waals surface area contributed by atoms with Gasteiger partial charge in [-0.25, -0.2) is 15.0 Å². The molecule has 9 heteroatoms. The van der Waals surface area contributed by atoms with Crippen LogP contribution in [0.4, 0.5) is 5.82 Å². The van der Waals surface area contributed by atoms with Crippen molar-refractivity contribution in [2.24, 2.45) is 0 Å². The van der Waals surface area contributed by atoms with E-state index in [1.807, 2.05) is 36.5 Å². The molecular weight excluding hydrogens is 440 g/mol. The van der Waals surface area contributed by atoms with E-state index in [0.29, 0.717) is 17.0 Å². The third-order valence-corrected chi connectivity index (χ3v) is 6.39. The van der Waals surface area contributed by atoms with Crippen molar-refractivity contribution in [1.82, 2.24) is 34.8 Å². The third kappa shape index (κ3) is 4.33. The highest BCUT2D eigenvalue weighted by atomic mass is 16.1. The predicted octanol–water partition coefficient (Wildman–Crippen LogP) is 3.14. The first-order valence-corrected chi connectivity index (χ1v) is 11.6. The van der Waals surface area contributed by atoms with Crippen molar-refractivity contribution in [2.45, 2.75) is 6.42 Å². The number of hydrogen-bond acceptors (Lipinski definition) is 8. The number of hydrogen-bond donors (Lipinski definition) is 1. The third-order valence-electron chi connectivity index (χ3n) is 6.39. The molecule has 1 fully saturated rings. The molecule has 174 valence electrons. The number of nitrogens with one attached hydrogen (secondary N) is 1. The van der Waals surface area contributed by atoms with E-state index in [9.17, 15) is 4.79 Å². The molecule has 0 saturated carbocycles. The molecule has 0 radical (unpaired) electrons. The van der Waals surface area contributed by atoms with Crippen molar-refractivity contribution in [3.05, 3.63) is 72.4 Å². The molecule has 0 bridgehead atoms. The Hall–Kier alpha value is -4.24. The zero-order valence-electron chi connectivity index (χ0n) is 19.3. The number of anilines is 1. The van der Waals surface area contributed by atoms with E-state index in [-0.39, 0.29) is 12.2 Å². The van der Waals surface area contributed by atoms with E-state index >= 15 is 0 Å². The van der Waals surface area contributed by atoms with Crippen LogP contribution in [0.5, 0.6) is 0 Å². The van der Waals surface area contributed by atoms with E-state index in [4.69, 9.17) is 4.98 Å². The van der Waals surface area contributed by atoms with Crippen LogP contribution in [0, 0.1) is 0 Å². The van der Waals surface area contributed by atoms with Gasteiger partial charge in [0.25, 0.3) is 0 Å². The maximum atomic E-state index is 13.1. The monoisotopic (exact) mass is 464 g/mol. The highest BCUT2D eigenvalue weighted by Gasteiger charge is 2.17. The minimum absolute atomic E-state index is 0.00819. The van der Waals surface area contributed by atoms with Crippen LogP contribution in [0.2, 0.25) is 0 Å².